The van der Waals surface area contributed by atoms with Crippen molar-refractivity contribution in [3.8, 4) is 5.69 Å². The van der Waals surface area contributed by atoms with E-state index >= 15 is 0 Å². The molecule has 0 aliphatic carbocycles. The van der Waals surface area contributed by atoms with Gasteiger partial charge in [-0.15, -0.1) is 0 Å². The molecule has 1 aromatic heterocycles. The van der Waals surface area contributed by atoms with E-state index in [1.165, 1.54) is 0 Å². The summed E-state index contributed by atoms with van der Waals surface area (Å²) in [6.07, 6.45) is 5.17. The average Bonchev–Trinajstić information content (AvgIpc) is 3.28. The summed E-state index contributed by atoms with van der Waals surface area (Å²) in [5, 5.41) is 13.2. The molecule has 0 saturated carbocycles. The van der Waals surface area contributed by atoms with Gasteiger partial charge in [-0.05, 0) is 48.7 Å². The Morgan fingerprint density at radius 2 is 1.89 bits per heavy atom. The first-order chi connectivity index (χ1) is 13.6. The Morgan fingerprint density at radius 1 is 1.18 bits per heavy atom. The van der Waals surface area contributed by atoms with Crippen LogP contribution in [0.4, 0.5) is 0 Å². The van der Waals surface area contributed by atoms with Gasteiger partial charge >= 0.3 is 0 Å². The number of hydrogen-bond acceptors (Lipinski definition) is 4. The van der Waals surface area contributed by atoms with Gasteiger partial charge in [0, 0.05) is 24.5 Å². The van der Waals surface area contributed by atoms with Crippen LogP contribution in [0.15, 0.2) is 73.1 Å². The van der Waals surface area contributed by atoms with Crippen molar-refractivity contribution in [1.29, 1.82) is 0 Å². The number of hydrogen-bond donors (Lipinski definition) is 2. The predicted molar refractivity (Wildman–Crippen MR) is 109 cm³/mol. The number of amides is 1. The number of carbonyl (C=O) groups excluding carboxylic acids is 1. The molecule has 0 saturated heterocycles. The van der Waals surface area contributed by atoms with E-state index in [-0.39, 0.29) is 12.5 Å². The molecule has 1 heterocycles. The highest BCUT2D eigenvalue weighted by atomic mass is 35.5. The number of hydroxylamine groups is 1. The number of methoxy groups -OCH3 is 1. The second-order valence-electron chi connectivity index (χ2n) is 6.05. The minimum atomic E-state index is -0.437. The van der Waals surface area contributed by atoms with E-state index in [4.69, 9.17) is 21.5 Å². The van der Waals surface area contributed by atoms with E-state index in [9.17, 15) is 4.79 Å². The summed E-state index contributed by atoms with van der Waals surface area (Å²) >= 11 is 5.78. The molecule has 0 bridgehead atoms. The molecule has 3 aromatic rings. The molecule has 0 aliphatic rings. The molecule has 1 unspecified atom stereocenters. The fourth-order valence-corrected chi connectivity index (χ4v) is 2.66. The van der Waals surface area contributed by atoms with Crippen molar-refractivity contribution in [3.05, 3.63) is 83.6 Å². The minimum absolute atomic E-state index is 0.153. The summed E-state index contributed by atoms with van der Waals surface area (Å²) in [6.45, 7) is 0. The third-order valence-corrected chi connectivity index (χ3v) is 4.32. The molecule has 28 heavy (non-hydrogen) atoms. The Balaban J connectivity index is 0.000000218. The largest absolute Gasteiger partial charge is 0.381 e. The quantitative estimate of drug-likeness (QED) is 0.462. The van der Waals surface area contributed by atoms with Gasteiger partial charge in [0.05, 0.1) is 18.2 Å². The Morgan fingerprint density at radius 3 is 2.46 bits per heavy atom. The molecule has 6 nitrogen and oxygen atoms in total. The SMILES string of the molecule is COC(CCc1ccc(Cl)cc1)CC(=O)NO.c1ccc(-n2cccn2)cc1. The van der Waals surface area contributed by atoms with E-state index in [1.807, 2.05) is 71.5 Å². The van der Waals surface area contributed by atoms with Crippen LogP contribution < -0.4 is 5.48 Å². The van der Waals surface area contributed by atoms with Crippen molar-refractivity contribution in [2.75, 3.05) is 7.11 Å². The van der Waals surface area contributed by atoms with Gasteiger partial charge in [-0.1, -0.05) is 41.9 Å². The van der Waals surface area contributed by atoms with E-state index in [1.54, 1.807) is 18.8 Å². The van der Waals surface area contributed by atoms with Crippen LogP contribution >= 0.6 is 11.6 Å². The van der Waals surface area contributed by atoms with Crippen molar-refractivity contribution >= 4 is 17.5 Å². The Hall–Kier alpha value is -2.67. The number of rotatable bonds is 7. The summed E-state index contributed by atoms with van der Waals surface area (Å²) in [5.74, 6) is -0.437. The van der Waals surface area contributed by atoms with Crippen molar-refractivity contribution in [3.63, 3.8) is 0 Å². The van der Waals surface area contributed by atoms with Gasteiger partial charge in [0.2, 0.25) is 5.91 Å². The first-order valence-corrected chi connectivity index (χ1v) is 9.25. The first kappa shape index (κ1) is 21.6. The number of nitrogens with one attached hydrogen (secondary N) is 1. The van der Waals surface area contributed by atoms with Crippen LogP contribution in [0.2, 0.25) is 5.02 Å². The number of aromatic nitrogens is 2. The van der Waals surface area contributed by atoms with Crippen molar-refractivity contribution < 1.29 is 14.7 Å². The fourth-order valence-electron chi connectivity index (χ4n) is 2.54. The Kier molecular flexibility index (Phi) is 9.21. The van der Waals surface area contributed by atoms with Gasteiger partial charge < -0.3 is 4.74 Å². The fraction of sp³-hybridized carbons (Fsp3) is 0.238. The summed E-state index contributed by atoms with van der Waals surface area (Å²) in [5.41, 5.74) is 3.83. The number of ether oxygens (including phenoxy) is 1. The number of nitrogens with zero attached hydrogens (tertiary/aromatic N) is 2. The molecule has 0 fully saturated rings. The molecular weight excluding hydrogens is 378 g/mol. The molecule has 0 radical (unpaired) electrons. The number of halogens is 1. The second kappa shape index (κ2) is 11.9. The Labute approximate surface area is 169 Å². The normalized spacial score (nSPS) is 11.2. The van der Waals surface area contributed by atoms with Crippen molar-refractivity contribution in [2.45, 2.75) is 25.4 Å². The Bertz CT molecular complexity index is 809. The van der Waals surface area contributed by atoms with Crippen LogP contribution in [0.3, 0.4) is 0 Å². The number of carbonyl (C=O) groups is 1. The monoisotopic (exact) mass is 401 g/mol. The van der Waals surface area contributed by atoms with Crippen molar-refractivity contribution in [2.24, 2.45) is 0 Å². The number of aryl methyl sites for hydroxylation is 1. The lowest BCUT2D eigenvalue weighted by atomic mass is 10.0. The maximum absolute atomic E-state index is 11.0. The van der Waals surface area contributed by atoms with Crippen LogP contribution in [-0.4, -0.2) is 34.1 Å². The second-order valence-corrected chi connectivity index (χ2v) is 6.48. The highest BCUT2D eigenvalue weighted by Gasteiger charge is 2.12. The zero-order chi connectivity index (χ0) is 20.2. The molecule has 2 N–H and O–H groups in total. The zero-order valence-electron chi connectivity index (χ0n) is 15.7. The smallest absolute Gasteiger partial charge is 0.245 e. The lowest BCUT2D eigenvalue weighted by molar-refractivity contribution is -0.131. The van der Waals surface area contributed by atoms with Gasteiger partial charge in [-0.25, -0.2) is 10.2 Å². The maximum Gasteiger partial charge on any atom is 0.245 e. The van der Waals surface area contributed by atoms with Crippen LogP contribution in [0.25, 0.3) is 5.69 Å². The minimum Gasteiger partial charge on any atom is -0.381 e. The lowest BCUT2D eigenvalue weighted by Crippen LogP contribution is -2.25. The summed E-state index contributed by atoms with van der Waals surface area (Å²) < 4.78 is 7.00. The highest BCUT2D eigenvalue weighted by Crippen LogP contribution is 2.13. The molecular formula is C21H24ClN3O3. The van der Waals surface area contributed by atoms with Crippen LogP contribution in [0.1, 0.15) is 18.4 Å². The van der Waals surface area contributed by atoms with Gasteiger partial charge in [0.15, 0.2) is 0 Å². The van der Waals surface area contributed by atoms with E-state index in [0.29, 0.717) is 11.4 Å². The molecule has 7 heteroatoms. The van der Waals surface area contributed by atoms with E-state index in [2.05, 4.69) is 5.10 Å². The maximum atomic E-state index is 11.0. The average molecular weight is 402 g/mol. The van der Waals surface area contributed by atoms with E-state index in [0.717, 1.165) is 17.7 Å². The number of para-hydroxylation sites is 1. The summed E-state index contributed by atoms with van der Waals surface area (Å²) in [4.78, 5) is 11.0. The van der Waals surface area contributed by atoms with Crippen LogP contribution in [0, 0.1) is 0 Å². The topological polar surface area (TPSA) is 76.4 Å². The molecule has 3 rings (SSSR count). The molecule has 1 amide bonds. The summed E-state index contributed by atoms with van der Waals surface area (Å²) in [7, 11) is 1.55. The predicted octanol–water partition coefficient (Wildman–Crippen LogP) is 4.06. The molecule has 1 atom stereocenters. The van der Waals surface area contributed by atoms with Gasteiger partial charge in [0.25, 0.3) is 0 Å². The molecule has 148 valence electrons. The number of benzene rings is 2. The molecule has 0 spiro atoms. The lowest BCUT2D eigenvalue weighted by Gasteiger charge is -2.13. The zero-order valence-corrected chi connectivity index (χ0v) is 16.4. The first-order valence-electron chi connectivity index (χ1n) is 8.87. The molecule has 0 aliphatic heterocycles. The van der Waals surface area contributed by atoms with Gasteiger partial charge in [0.1, 0.15) is 0 Å². The van der Waals surface area contributed by atoms with Gasteiger partial charge in [-0.2, -0.15) is 5.10 Å². The van der Waals surface area contributed by atoms with E-state index < -0.39 is 5.91 Å². The van der Waals surface area contributed by atoms with Crippen LogP contribution in [-0.2, 0) is 16.0 Å². The molecule has 2 aromatic carbocycles. The van der Waals surface area contributed by atoms with Gasteiger partial charge in [-0.3, -0.25) is 10.0 Å². The van der Waals surface area contributed by atoms with Crippen LogP contribution in [0.5, 0.6) is 0 Å². The van der Waals surface area contributed by atoms with Crippen molar-refractivity contribution in [1.82, 2.24) is 15.3 Å². The third kappa shape index (κ3) is 7.52. The summed E-state index contributed by atoms with van der Waals surface area (Å²) in [6, 6.07) is 19.5. The highest BCUT2D eigenvalue weighted by molar-refractivity contribution is 6.30. The standard InChI is InChI=1S/C12H16ClNO3.C9H8N2/c1-17-11(8-12(15)14-16)7-4-9-2-5-10(13)6-3-9;1-2-5-9(6-3-1)11-8-4-7-10-11/h2-3,5-6,11,16H,4,7-8H2,1H3,(H,14,15);1-8H. The third-order valence-electron chi connectivity index (χ3n) is 4.06.